The highest BCUT2D eigenvalue weighted by Gasteiger charge is 2.10. The maximum absolute atomic E-state index is 12.0. The Hall–Kier alpha value is -2.57. The molecule has 0 fully saturated rings. The van der Waals surface area contributed by atoms with Gasteiger partial charge in [0.2, 0.25) is 17.7 Å². The Bertz CT molecular complexity index is 839. The van der Waals surface area contributed by atoms with Gasteiger partial charge in [0.25, 0.3) is 0 Å². The number of hydrogen-bond donors (Lipinski definition) is 3. The molecule has 0 saturated heterocycles. The summed E-state index contributed by atoms with van der Waals surface area (Å²) in [5.41, 5.74) is 6.73. The minimum Gasteiger partial charge on any atom is -0.326 e. The fourth-order valence-electron chi connectivity index (χ4n) is 2.22. The van der Waals surface area contributed by atoms with Gasteiger partial charge in [-0.05, 0) is 42.3 Å². The average molecular weight is 408 g/mol. The molecule has 27 heavy (non-hydrogen) atoms. The number of anilines is 1. The lowest BCUT2D eigenvalue weighted by atomic mass is 10.1. The van der Waals surface area contributed by atoms with Crippen molar-refractivity contribution >= 4 is 46.6 Å². The second kappa shape index (κ2) is 9.94. The molecule has 0 aromatic heterocycles. The lowest BCUT2D eigenvalue weighted by Gasteiger charge is -2.10. The molecule has 0 radical (unpaired) electrons. The largest absolute Gasteiger partial charge is 0.326 e. The van der Waals surface area contributed by atoms with E-state index < -0.39 is 5.91 Å². The Balaban J connectivity index is 1.70. The SMILES string of the molecule is Cc1c(Cl)cccc1NC(=O)CCC(=O)NNC(=O)Cc1ccc(Cl)cc1. The van der Waals surface area contributed by atoms with E-state index in [1.807, 2.05) is 0 Å². The first-order valence-electron chi connectivity index (χ1n) is 8.22. The minimum atomic E-state index is -0.461. The van der Waals surface area contributed by atoms with Crippen molar-refractivity contribution in [3.05, 3.63) is 63.6 Å². The zero-order valence-electron chi connectivity index (χ0n) is 14.6. The third-order valence-electron chi connectivity index (χ3n) is 3.74. The van der Waals surface area contributed by atoms with Gasteiger partial charge in [0.05, 0.1) is 6.42 Å². The van der Waals surface area contributed by atoms with Gasteiger partial charge in [-0.2, -0.15) is 0 Å². The number of hydrazine groups is 1. The van der Waals surface area contributed by atoms with Gasteiger partial charge < -0.3 is 5.32 Å². The van der Waals surface area contributed by atoms with Gasteiger partial charge in [-0.15, -0.1) is 0 Å². The molecule has 0 spiro atoms. The summed E-state index contributed by atoms with van der Waals surface area (Å²) in [5, 5.41) is 3.84. The topological polar surface area (TPSA) is 87.3 Å². The normalized spacial score (nSPS) is 10.2. The maximum Gasteiger partial charge on any atom is 0.242 e. The van der Waals surface area contributed by atoms with Crippen molar-refractivity contribution in [2.45, 2.75) is 26.2 Å². The van der Waals surface area contributed by atoms with Crippen LogP contribution < -0.4 is 16.2 Å². The standard InChI is InChI=1S/C19H19Cl2N3O3/c1-12-15(21)3-2-4-16(12)22-17(25)9-10-18(26)23-24-19(27)11-13-5-7-14(20)8-6-13/h2-8H,9-11H2,1H3,(H,22,25)(H,23,26)(H,24,27). The van der Waals surface area contributed by atoms with Crippen LogP contribution in [0.25, 0.3) is 0 Å². The van der Waals surface area contributed by atoms with Crippen molar-refractivity contribution in [1.29, 1.82) is 0 Å². The molecule has 2 rings (SSSR count). The summed E-state index contributed by atoms with van der Waals surface area (Å²) < 4.78 is 0. The first-order chi connectivity index (χ1) is 12.8. The Morgan fingerprint density at radius 1 is 0.852 bits per heavy atom. The van der Waals surface area contributed by atoms with Crippen LogP contribution in [0, 0.1) is 6.92 Å². The van der Waals surface area contributed by atoms with Gasteiger partial charge >= 0.3 is 0 Å². The first kappa shape index (κ1) is 20.7. The first-order valence-corrected chi connectivity index (χ1v) is 8.98. The molecule has 0 aliphatic heterocycles. The molecule has 0 aliphatic carbocycles. The van der Waals surface area contributed by atoms with Gasteiger partial charge in [0.1, 0.15) is 0 Å². The van der Waals surface area contributed by atoms with Crippen molar-refractivity contribution in [1.82, 2.24) is 10.9 Å². The van der Waals surface area contributed by atoms with Crippen LogP contribution in [0.1, 0.15) is 24.0 Å². The third kappa shape index (κ3) is 6.92. The Morgan fingerprint density at radius 2 is 1.48 bits per heavy atom. The minimum absolute atomic E-state index is 0.0230. The van der Waals surface area contributed by atoms with E-state index >= 15 is 0 Å². The summed E-state index contributed by atoms with van der Waals surface area (Å²) >= 11 is 11.8. The van der Waals surface area contributed by atoms with Crippen LogP contribution in [-0.4, -0.2) is 17.7 Å². The summed E-state index contributed by atoms with van der Waals surface area (Å²) in [7, 11) is 0. The summed E-state index contributed by atoms with van der Waals surface area (Å²) in [5.74, 6) is -1.15. The number of carbonyl (C=O) groups excluding carboxylic acids is 3. The summed E-state index contributed by atoms with van der Waals surface area (Å²) in [6, 6.07) is 12.0. The van der Waals surface area contributed by atoms with E-state index in [9.17, 15) is 14.4 Å². The molecule has 8 heteroatoms. The second-order valence-electron chi connectivity index (χ2n) is 5.86. The van der Waals surface area contributed by atoms with Crippen molar-refractivity contribution in [2.75, 3.05) is 5.32 Å². The van der Waals surface area contributed by atoms with E-state index in [-0.39, 0.29) is 31.1 Å². The van der Waals surface area contributed by atoms with Crippen LogP contribution >= 0.6 is 23.2 Å². The number of halogens is 2. The van der Waals surface area contributed by atoms with Gasteiger partial charge in [-0.3, -0.25) is 25.2 Å². The number of benzene rings is 2. The Morgan fingerprint density at radius 3 is 2.19 bits per heavy atom. The summed E-state index contributed by atoms with van der Waals surface area (Å²) in [6.07, 6.45) is 0.0174. The van der Waals surface area contributed by atoms with Crippen LogP contribution in [0.4, 0.5) is 5.69 Å². The molecule has 0 aliphatic rings. The molecule has 0 atom stereocenters. The molecular weight excluding hydrogens is 389 g/mol. The summed E-state index contributed by atoms with van der Waals surface area (Å²) in [6.45, 7) is 1.79. The number of amides is 3. The van der Waals surface area contributed by atoms with E-state index in [0.717, 1.165) is 11.1 Å². The predicted molar refractivity (Wildman–Crippen MR) is 105 cm³/mol. The van der Waals surface area contributed by atoms with Gasteiger partial charge in [0.15, 0.2) is 0 Å². The summed E-state index contributed by atoms with van der Waals surface area (Å²) in [4.78, 5) is 35.5. The zero-order chi connectivity index (χ0) is 19.8. The lowest BCUT2D eigenvalue weighted by Crippen LogP contribution is -2.42. The number of nitrogens with one attached hydrogen (secondary N) is 3. The quantitative estimate of drug-likeness (QED) is 0.641. The molecule has 0 heterocycles. The van der Waals surface area contributed by atoms with E-state index in [4.69, 9.17) is 23.2 Å². The Kier molecular flexibility index (Phi) is 7.64. The molecule has 0 saturated carbocycles. The molecule has 2 aromatic rings. The maximum atomic E-state index is 12.0. The van der Waals surface area contributed by atoms with Crippen molar-refractivity contribution in [3.63, 3.8) is 0 Å². The highest BCUT2D eigenvalue weighted by molar-refractivity contribution is 6.31. The van der Waals surface area contributed by atoms with Gasteiger partial charge in [0, 0.05) is 28.6 Å². The fourth-order valence-corrected chi connectivity index (χ4v) is 2.52. The van der Waals surface area contributed by atoms with Gasteiger partial charge in [-0.1, -0.05) is 41.4 Å². The number of carbonyl (C=O) groups is 3. The van der Waals surface area contributed by atoms with Crippen LogP contribution in [-0.2, 0) is 20.8 Å². The molecular formula is C19H19Cl2N3O3. The van der Waals surface area contributed by atoms with Crippen molar-refractivity contribution in [2.24, 2.45) is 0 Å². The van der Waals surface area contributed by atoms with Crippen LogP contribution in [0.5, 0.6) is 0 Å². The second-order valence-corrected chi connectivity index (χ2v) is 6.70. The Labute approximate surface area is 167 Å². The molecule has 6 nitrogen and oxygen atoms in total. The predicted octanol–water partition coefficient (Wildman–Crippen LogP) is 3.41. The fraction of sp³-hybridized carbons (Fsp3) is 0.211. The van der Waals surface area contributed by atoms with Crippen LogP contribution in [0.3, 0.4) is 0 Å². The third-order valence-corrected chi connectivity index (χ3v) is 4.40. The molecule has 142 valence electrons. The highest BCUT2D eigenvalue weighted by atomic mass is 35.5. The highest BCUT2D eigenvalue weighted by Crippen LogP contribution is 2.23. The van der Waals surface area contributed by atoms with Crippen molar-refractivity contribution in [3.8, 4) is 0 Å². The van der Waals surface area contributed by atoms with E-state index in [0.29, 0.717) is 15.7 Å². The molecule has 2 aromatic carbocycles. The average Bonchev–Trinajstić information content (AvgIpc) is 2.64. The van der Waals surface area contributed by atoms with E-state index in [2.05, 4.69) is 16.2 Å². The smallest absolute Gasteiger partial charge is 0.242 e. The lowest BCUT2D eigenvalue weighted by molar-refractivity contribution is -0.129. The molecule has 3 N–H and O–H groups in total. The zero-order valence-corrected chi connectivity index (χ0v) is 16.2. The van der Waals surface area contributed by atoms with E-state index in [1.54, 1.807) is 49.4 Å². The molecule has 3 amide bonds. The number of hydrogen-bond acceptors (Lipinski definition) is 3. The monoisotopic (exact) mass is 407 g/mol. The van der Waals surface area contributed by atoms with Crippen molar-refractivity contribution < 1.29 is 14.4 Å². The van der Waals surface area contributed by atoms with E-state index in [1.165, 1.54) is 0 Å². The molecule has 0 bridgehead atoms. The number of rotatable bonds is 6. The van der Waals surface area contributed by atoms with Gasteiger partial charge in [-0.25, -0.2) is 0 Å². The molecule has 0 unspecified atom stereocenters. The van der Waals surface area contributed by atoms with Crippen LogP contribution in [0.15, 0.2) is 42.5 Å². The van der Waals surface area contributed by atoms with Crippen LogP contribution in [0.2, 0.25) is 10.0 Å².